The van der Waals surface area contributed by atoms with Crippen LogP contribution in [0.1, 0.15) is 23.0 Å². The van der Waals surface area contributed by atoms with Crippen LogP contribution in [0.2, 0.25) is 0 Å². The molecule has 2 aromatic rings. The van der Waals surface area contributed by atoms with Gasteiger partial charge >= 0.3 is 0 Å². The summed E-state index contributed by atoms with van der Waals surface area (Å²) in [5.41, 5.74) is 4.08. The number of hydrogen-bond acceptors (Lipinski definition) is 2. The molecule has 1 heterocycles. The monoisotopic (exact) mass is 214 g/mol. The molecule has 1 aromatic carbocycles. The van der Waals surface area contributed by atoms with Crippen molar-refractivity contribution in [2.45, 2.75) is 20.4 Å². The van der Waals surface area contributed by atoms with E-state index in [4.69, 9.17) is 0 Å². The quantitative estimate of drug-likeness (QED) is 0.736. The Morgan fingerprint density at radius 2 is 2.00 bits per heavy atom. The molecule has 0 unspecified atom stereocenters. The summed E-state index contributed by atoms with van der Waals surface area (Å²) in [6.45, 7) is 5.00. The molecule has 0 saturated heterocycles. The van der Waals surface area contributed by atoms with Crippen molar-refractivity contribution in [3.8, 4) is 11.1 Å². The maximum absolute atomic E-state index is 10.6. The first kappa shape index (κ1) is 10.6. The van der Waals surface area contributed by atoms with Gasteiger partial charge in [-0.2, -0.15) is 5.10 Å². The van der Waals surface area contributed by atoms with Gasteiger partial charge in [0.1, 0.15) is 6.29 Å². The topological polar surface area (TPSA) is 34.9 Å². The maximum Gasteiger partial charge on any atom is 0.150 e. The zero-order valence-corrected chi connectivity index (χ0v) is 9.47. The van der Waals surface area contributed by atoms with Crippen LogP contribution < -0.4 is 0 Å². The molecule has 3 nitrogen and oxygen atoms in total. The molecular formula is C13H14N2O. The number of rotatable bonds is 3. The van der Waals surface area contributed by atoms with Crippen LogP contribution in [0.3, 0.4) is 0 Å². The summed E-state index contributed by atoms with van der Waals surface area (Å²) in [7, 11) is 0. The Bertz CT molecular complexity index is 497. The predicted octanol–water partition coefficient (Wildman–Crippen LogP) is 2.69. The van der Waals surface area contributed by atoms with Crippen LogP contribution in [0.4, 0.5) is 0 Å². The van der Waals surface area contributed by atoms with E-state index in [2.05, 4.69) is 18.9 Å². The summed E-state index contributed by atoms with van der Waals surface area (Å²) < 4.78 is 1.96. The largest absolute Gasteiger partial charge is 0.298 e. The summed E-state index contributed by atoms with van der Waals surface area (Å²) in [6, 6.07) is 7.55. The van der Waals surface area contributed by atoms with Crippen molar-refractivity contribution in [3.05, 3.63) is 41.7 Å². The minimum absolute atomic E-state index is 0.698. The van der Waals surface area contributed by atoms with Gasteiger partial charge in [0.05, 0.1) is 6.20 Å². The molecular weight excluding hydrogens is 200 g/mol. The summed E-state index contributed by atoms with van der Waals surface area (Å²) in [5, 5.41) is 4.30. The number of benzene rings is 1. The van der Waals surface area contributed by atoms with E-state index >= 15 is 0 Å². The van der Waals surface area contributed by atoms with Crippen molar-refractivity contribution < 1.29 is 4.79 Å². The average molecular weight is 214 g/mol. The number of nitrogens with zero attached hydrogens (tertiary/aromatic N) is 2. The van der Waals surface area contributed by atoms with Crippen molar-refractivity contribution in [1.82, 2.24) is 9.78 Å². The second kappa shape index (κ2) is 4.31. The van der Waals surface area contributed by atoms with Crippen molar-refractivity contribution >= 4 is 6.29 Å². The van der Waals surface area contributed by atoms with Gasteiger partial charge in [0, 0.05) is 23.4 Å². The number of aldehydes is 1. The molecule has 0 amide bonds. The Kier molecular flexibility index (Phi) is 2.86. The molecule has 0 spiro atoms. The van der Waals surface area contributed by atoms with Crippen LogP contribution >= 0.6 is 0 Å². The van der Waals surface area contributed by atoms with Crippen molar-refractivity contribution in [2.75, 3.05) is 0 Å². The van der Waals surface area contributed by atoms with E-state index in [9.17, 15) is 4.79 Å². The molecule has 3 heteroatoms. The zero-order valence-electron chi connectivity index (χ0n) is 9.47. The fourth-order valence-electron chi connectivity index (χ4n) is 1.79. The van der Waals surface area contributed by atoms with Crippen LogP contribution in [-0.4, -0.2) is 16.1 Å². The van der Waals surface area contributed by atoms with Crippen LogP contribution in [0.15, 0.2) is 30.5 Å². The van der Waals surface area contributed by atoms with E-state index in [1.807, 2.05) is 35.1 Å². The highest BCUT2D eigenvalue weighted by Crippen LogP contribution is 2.22. The Morgan fingerprint density at radius 3 is 2.50 bits per heavy atom. The Morgan fingerprint density at radius 1 is 1.31 bits per heavy atom. The van der Waals surface area contributed by atoms with Gasteiger partial charge < -0.3 is 0 Å². The third-order valence-corrected chi connectivity index (χ3v) is 2.76. The molecule has 0 aliphatic rings. The van der Waals surface area contributed by atoms with E-state index in [0.717, 1.165) is 29.7 Å². The first-order valence-electron chi connectivity index (χ1n) is 5.34. The van der Waals surface area contributed by atoms with E-state index in [0.29, 0.717) is 5.56 Å². The third kappa shape index (κ3) is 1.76. The normalized spacial score (nSPS) is 10.4. The van der Waals surface area contributed by atoms with Gasteiger partial charge in [-0.3, -0.25) is 9.48 Å². The predicted molar refractivity (Wildman–Crippen MR) is 63.5 cm³/mol. The molecule has 2 rings (SSSR count). The first-order valence-corrected chi connectivity index (χ1v) is 5.34. The standard InChI is InChI=1S/C13H14N2O/c1-3-15-10(2)13(8-14-15)12-6-4-11(9-16)5-7-12/h4-9H,3H2,1-2H3. The smallest absolute Gasteiger partial charge is 0.150 e. The van der Waals surface area contributed by atoms with Crippen LogP contribution in [0.25, 0.3) is 11.1 Å². The number of hydrogen-bond donors (Lipinski definition) is 0. The van der Waals surface area contributed by atoms with Crippen molar-refractivity contribution in [1.29, 1.82) is 0 Å². The van der Waals surface area contributed by atoms with Crippen LogP contribution in [-0.2, 0) is 6.54 Å². The number of carbonyl (C=O) groups is 1. The van der Waals surface area contributed by atoms with Crippen LogP contribution in [0, 0.1) is 6.92 Å². The van der Waals surface area contributed by atoms with E-state index in [1.54, 1.807) is 0 Å². The number of carbonyl (C=O) groups excluding carboxylic acids is 1. The second-order valence-electron chi connectivity index (χ2n) is 3.70. The highest BCUT2D eigenvalue weighted by molar-refractivity contribution is 5.77. The van der Waals surface area contributed by atoms with Crippen molar-refractivity contribution in [3.63, 3.8) is 0 Å². The van der Waals surface area contributed by atoms with Crippen LogP contribution in [0.5, 0.6) is 0 Å². The van der Waals surface area contributed by atoms with E-state index in [-0.39, 0.29) is 0 Å². The lowest BCUT2D eigenvalue weighted by Gasteiger charge is -2.02. The Hall–Kier alpha value is -1.90. The minimum Gasteiger partial charge on any atom is -0.298 e. The Balaban J connectivity index is 2.42. The van der Waals surface area contributed by atoms with Gasteiger partial charge in [-0.05, 0) is 19.4 Å². The number of aromatic nitrogens is 2. The fraction of sp³-hybridized carbons (Fsp3) is 0.231. The molecule has 0 N–H and O–H groups in total. The zero-order chi connectivity index (χ0) is 11.5. The lowest BCUT2D eigenvalue weighted by Crippen LogP contribution is -1.98. The molecule has 0 saturated carbocycles. The summed E-state index contributed by atoms with van der Waals surface area (Å²) in [6.07, 6.45) is 2.72. The first-order chi connectivity index (χ1) is 7.76. The Labute approximate surface area is 94.7 Å². The average Bonchev–Trinajstić information content (AvgIpc) is 2.70. The maximum atomic E-state index is 10.6. The summed E-state index contributed by atoms with van der Waals surface area (Å²) in [5.74, 6) is 0. The third-order valence-electron chi connectivity index (χ3n) is 2.76. The molecule has 16 heavy (non-hydrogen) atoms. The SMILES string of the molecule is CCn1ncc(-c2ccc(C=O)cc2)c1C. The second-order valence-corrected chi connectivity index (χ2v) is 3.70. The lowest BCUT2D eigenvalue weighted by molar-refractivity contribution is 0.112. The van der Waals surface area contributed by atoms with Crippen molar-refractivity contribution in [2.24, 2.45) is 0 Å². The molecule has 0 atom stereocenters. The highest BCUT2D eigenvalue weighted by Gasteiger charge is 2.06. The molecule has 0 radical (unpaired) electrons. The highest BCUT2D eigenvalue weighted by atomic mass is 16.1. The van der Waals surface area contributed by atoms with Gasteiger partial charge in [-0.1, -0.05) is 24.3 Å². The van der Waals surface area contributed by atoms with Gasteiger partial charge in [0.25, 0.3) is 0 Å². The molecule has 0 bridgehead atoms. The van der Waals surface area contributed by atoms with Gasteiger partial charge in [-0.25, -0.2) is 0 Å². The van der Waals surface area contributed by atoms with E-state index < -0.39 is 0 Å². The lowest BCUT2D eigenvalue weighted by atomic mass is 10.1. The summed E-state index contributed by atoms with van der Waals surface area (Å²) in [4.78, 5) is 10.6. The minimum atomic E-state index is 0.698. The molecule has 0 aliphatic heterocycles. The van der Waals surface area contributed by atoms with Gasteiger partial charge in [-0.15, -0.1) is 0 Å². The van der Waals surface area contributed by atoms with Gasteiger partial charge in [0.2, 0.25) is 0 Å². The fourth-order valence-corrected chi connectivity index (χ4v) is 1.79. The summed E-state index contributed by atoms with van der Waals surface area (Å²) >= 11 is 0. The number of aryl methyl sites for hydroxylation is 1. The molecule has 82 valence electrons. The molecule has 0 fully saturated rings. The molecule has 1 aromatic heterocycles. The van der Waals surface area contributed by atoms with Gasteiger partial charge in [0.15, 0.2) is 0 Å². The molecule has 0 aliphatic carbocycles. The van der Waals surface area contributed by atoms with E-state index in [1.165, 1.54) is 0 Å².